The number of aromatic nitrogens is 1. The Labute approximate surface area is 166 Å². The Hall–Kier alpha value is -2.27. The summed E-state index contributed by atoms with van der Waals surface area (Å²) < 4.78 is 13.1. The predicted octanol–water partition coefficient (Wildman–Crippen LogP) is 3.91. The molecule has 1 spiro atoms. The maximum atomic E-state index is 13.1. The van der Waals surface area contributed by atoms with Crippen molar-refractivity contribution in [3.63, 3.8) is 0 Å². The quantitative estimate of drug-likeness (QED) is 0.806. The predicted molar refractivity (Wildman–Crippen MR) is 107 cm³/mol. The van der Waals surface area contributed by atoms with Crippen LogP contribution in [-0.4, -0.2) is 46.9 Å². The Morgan fingerprint density at radius 3 is 2.64 bits per heavy atom. The molecule has 0 aliphatic carbocycles. The van der Waals surface area contributed by atoms with Crippen molar-refractivity contribution in [2.24, 2.45) is 5.41 Å². The topological polar surface area (TPSA) is 36.4 Å². The Kier molecular flexibility index (Phi) is 5.44. The van der Waals surface area contributed by atoms with Crippen molar-refractivity contribution in [3.05, 3.63) is 65.2 Å². The number of halogens is 1. The highest BCUT2D eigenvalue weighted by Crippen LogP contribution is 2.39. The molecule has 4 rings (SSSR count). The molecule has 2 aromatic rings. The number of benzene rings is 1. The fourth-order valence-corrected chi connectivity index (χ4v) is 4.65. The summed E-state index contributed by atoms with van der Waals surface area (Å²) in [5.41, 5.74) is 3.14. The summed E-state index contributed by atoms with van der Waals surface area (Å²) in [4.78, 5) is 21.8. The van der Waals surface area contributed by atoms with Crippen LogP contribution in [-0.2, 0) is 13.0 Å². The highest BCUT2D eigenvalue weighted by Gasteiger charge is 2.42. The molecule has 3 heterocycles. The van der Waals surface area contributed by atoms with Crippen LogP contribution < -0.4 is 0 Å². The molecule has 28 heavy (non-hydrogen) atoms. The van der Waals surface area contributed by atoms with Gasteiger partial charge in [-0.15, -0.1) is 0 Å². The van der Waals surface area contributed by atoms with E-state index >= 15 is 0 Å². The van der Waals surface area contributed by atoms with Crippen LogP contribution in [0.4, 0.5) is 4.39 Å². The van der Waals surface area contributed by atoms with Crippen molar-refractivity contribution in [2.45, 2.75) is 39.2 Å². The number of piperidine rings is 1. The molecule has 2 aliphatic heterocycles. The number of hydrogen-bond donors (Lipinski definition) is 0. The molecule has 0 N–H and O–H groups in total. The molecular weight excluding hydrogens is 353 g/mol. The molecule has 5 heteroatoms. The number of hydrogen-bond acceptors (Lipinski definition) is 3. The molecular formula is C23H28FN3O. The van der Waals surface area contributed by atoms with E-state index in [0.29, 0.717) is 5.56 Å². The third-order valence-corrected chi connectivity index (χ3v) is 6.24. The van der Waals surface area contributed by atoms with E-state index in [2.05, 4.69) is 28.9 Å². The Morgan fingerprint density at radius 2 is 1.93 bits per heavy atom. The first kappa shape index (κ1) is 19.1. The van der Waals surface area contributed by atoms with E-state index in [0.717, 1.165) is 57.7 Å². The summed E-state index contributed by atoms with van der Waals surface area (Å²) in [7, 11) is 0. The van der Waals surface area contributed by atoms with Gasteiger partial charge in [0.15, 0.2) is 0 Å². The smallest absolute Gasteiger partial charge is 0.253 e. The van der Waals surface area contributed by atoms with E-state index in [-0.39, 0.29) is 17.1 Å². The zero-order valence-corrected chi connectivity index (χ0v) is 16.5. The van der Waals surface area contributed by atoms with E-state index < -0.39 is 0 Å². The monoisotopic (exact) mass is 381 g/mol. The standard InChI is InChI=1S/C23H28FN3O/c1-2-18-4-9-21(25-14-18)15-26-12-3-10-23(16-26)11-13-27(17-23)22(28)19-5-7-20(24)8-6-19/h4-9,14H,2-3,10-13,15-17H2,1H3/t23-/m0/s1. The Balaban J connectivity index is 1.39. The second kappa shape index (κ2) is 8.00. The van der Waals surface area contributed by atoms with Gasteiger partial charge in [0.2, 0.25) is 0 Å². The summed E-state index contributed by atoms with van der Waals surface area (Å²) in [5, 5.41) is 0. The van der Waals surface area contributed by atoms with Gasteiger partial charge in [-0.05, 0) is 68.1 Å². The molecule has 2 aliphatic rings. The number of likely N-dealkylation sites (tertiary alicyclic amines) is 2. The average molecular weight is 381 g/mol. The van der Waals surface area contributed by atoms with Crippen molar-refractivity contribution in [2.75, 3.05) is 26.2 Å². The first-order valence-corrected chi connectivity index (χ1v) is 10.3. The van der Waals surface area contributed by atoms with Gasteiger partial charge >= 0.3 is 0 Å². The van der Waals surface area contributed by atoms with Crippen LogP contribution in [0.3, 0.4) is 0 Å². The molecule has 2 fully saturated rings. The number of nitrogens with zero attached hydrogens (tertiary/aromatic N) is 3. The maximum Gasteiger partial charge on any atom is 0.253 e. The number of amides is 1. The first-order chi connectivity index (χ1) is 13.6. The molecule has 0 radical (unpaired) electrons. The van der Waals surface area contributed by atoms with Crippen LogP contribution in [0.25, 0.3) is 0 Å². The summed E-state index contributed by atoms with van der Waals surface area (Å²) in [6, 6.07) is 10.2. The molecule has 1 amide bonds. The number of carbonyl (C=O) groups excluding carboxylic acids is 1. The van der Waals surface area contributed by atoms with Gasteiger partial charge in [0, 0.05) is 43.4 Å². The molecule has 1 aromatic heterocycles. The minimum Gasteiger partial charge on any atom is -0.338 e. The van der Waals surface area contributed by atoms with Gasteiger partial charge < -0.3 is 4.90 Å². The van der Waals surface area contributed by atoms with Crippen molar-refractivity contribution in [1.29, 1.82) is 0 Å². The first-order valence-electron chi connectivity index (χ1n) is 10.3. The van der Waals surface area contributed by atoms with Gasteiger partial charge in [-0.3, -0.25) is 14.7 Å². The molecule has 148 valence electrons. The van der Waals surface area contributed by atoms with E-state index in [1.165, 1.54) is 24.1 Å². The lowest BCUT2D eigenvalue weighted by molar-refractivity contribution is 0.0672. The summed E-state index contributed by atoms with van der Waals surface area (Å²) in [6.07, 6.45) is 6.36. The molecule has 0 bridgehead atoms. The minimum atomic E-state index is -0.307. The number of rotatable bonds is 4. The largest absolute Gasteiger partial charge is 0.338 e. The van der Waals surface area contributed by atoms with E-state index in [9.17, 15) is 9.18 Å². The van der Waals surface area contributed by atoms with Crippen LogP contribution in [0.5, 0.6) is 0 Å². The minimum absolute atomic E-state index is 0.0193. The van der Waals surface area contributed by atoms with Crippen LogP contribution in [0.1, 0.15) is 47.8 Å². The number of pyridine rings is 1. The van der Waals surface area contributed by atoms with Gasteiger partial charge in [-0.1, -0.05) is 13.0 Å². The lowest BCUT2D eigenvalue weighted by atomic mass is 9.79. The zero-order valence-electron chi connectivity index (χ0n) is 16.5. The molecule has 0 saturated carbocycles. The van der Waals surface area contributed by atoms with E-state index in [4.69, 9.17) is 0 Å². The van der Waals surface area contributed by atoms with Gasteiger partial charge in [0.1, 0.15) is 5.82 Å². The van der Waals surface area contributed by atoms with Gasteiger partial charge in [-0.25, -0.2) is 4.39 Å². The van der Waals surface area contributed by atoms with Crippen LogP contribution >= 0.6 is 0 Å². The lowest BCUT2D eigenvalue weighted by Gasteiger charge is -2.40. The third kappa shape index (κ3) is 4.09. The van der Waals surface area contributed by atoms with Crippen LogP contribution in [0.15, 0.2) is 42.6 Å². The van der Waals surface area contributed by atoms with Gasteiger partial charge in [0.05, 0.1) is 5.69 Å². The Morgan fingerprint density at radius 1 is 1.11 bits per heavy atom. The summed E-state index contributed by atoms with van der Waals surface area (Å²) in [5.74, 6) is -0.288. The Bertz CT molecular complexity index is 821. The highest BCUT2D eigenvalue weighted by atomic mass is 19.1. The summed E-state index contributed by atoms with van der Waals surface area (Å²) in [6.45, 7) is 6.69. The molecule has 2 saturated heterocycles. The van der Waals surface area contributed by atoms with E-state index in [1.54, 1.807) is 12.1 Å². The second-order valence-electron chi connectivity index (χ2n) is 8.31. The molecule has 0 unspecified atom stereocenters. The number of aryl methyl sites for hydroxylation is 1. The van der Waals surface area contributed by atoms with Crippen molar-refractivity contribution < 1.29 is 9.18 Å². The van der Waals surface area contributed by atoms with Crippen LogP contribution in [0.2, 0.25) is 0 Å². The van der Waals surface area contributed by atoms with Crippen molar-refractivity contribution in [3.8, 4) is 0 Å². The summed E-state index contributed by atoms with van der Waals surface area (Å²) >= 11 is 0. The van der Waals surface area contributed by atoms with Crippen molar-refractivity contribution >= 4 is 5.91 Å². The van der Waals surface area contributed by atoms with E-state index in [1.807, 2.05) is 11.1 Å². The molecule has 1 atom stereocenters. The van der Waals surface area contributed by atoms with Crippen LogP contribution in [0, 0.1) is 11.2 Å². The fourth-order valence-electron chi connectivity index (χ4n) is 4.65. The average Bonchev–Trinajstić information content (AvgIpc) is 3.12. The molecule has 1 aromatic carbocycles. The zero-order chi connectivity index (χ0) is 19.6. The normalized spacial score (nSPS) is 22.7. The maximum absolute atomic E-state index is 13.1. The third-order valence-electron chi connectivity index (χ3n) is 6.24. The SMILES string of the molecule is CCc1ccc(CN2CCC[C@]3(CCN(C(=O)c4ccc(F)cc4)C3)C2)nc1. The van der Waals surface area contributed by atoms with Gasteiger partial charge in [0.25, 0.3) is 5.91 Å². The second-order valence-corrected chi connectivity index (χ2v) is 8.31. The van der Waals surface area contributed by atoms with Crippen molar-refractivity contribution in [1.82, 2.24) is 14.8 Å². The number of carbonyl (C=O) groups is 1. The highest BCUT2D eigenvalue weighted by molar-refractivity contribution is 5.94. The van der Waals surface area contributed by atoms with Gasteiger partial charge in [-0.2, -0.15) is 0 Å². The lowest BCUT2D eigenvalue weighted by Crippen LogP contribution is -2.45. The fraction of sp³-hybridized carbons (Fsp3) is 0.478. The molecule has 4 nitrogen and oxygen atoms in total.